The van der Waals surface area contributed by atoms with Crippen LogP contribution >= 0.6 is 23.1 Å². The Balaban J connectivity index is 2.59. The summed E-state index contributed by atoms with van der Waals surface area (Å²) in [5.41, 5.74) is 0.842. The Hall–Kier alpha value is -0.590. The molecule has 0 saturated carbocycles. The van der Waals surface area contributed by atoms with E-state index in [0.717, 1.165) is 17.9 Å². The fourth-order valence-electron chi connectivity index (χ4n) is 1.61. The van der Waals surface area contributed by atoms with E-state index in [1.54, 1.807) is 0 Å². The number of rotatable bonds is 7. The Labute approximate surface area is 110 Å². The third-order valence-corrected chi connectivity index (χ3v) is 4.20. The van der Waals surface area contributed by atoms with Crippen molar-refractivity contribution in [2.24, 2.45) is 0 Å². The molecule has 4 nitrogen and oxygen atoms in total. The molecule has 1 aromatic heterocycles. The average Bonchev–Trinajstić information content (AvgIpc) is 2.74. The van der Waals surface area contributed by atoms with Gasteiger partial charge in [-0.05, 0) is 19.7 Å². The molecule has 96 valence electrons. The summed E-state index contributed by atoms with van der Waals surface area (Å²) in [6.45, 7) is 2.88. The first-order valence-corrected chi connectivity index (χ1v) is 7.72. The number of carboxylic acids is 1. The van der Waals surface area contributed by atoms with Crippen molar-refractivity contribution in [3.8, 4) is 0 Å². The topological polar surface area (TPSA) is 53.4 Å². The van der Waals surface area contributed by atoms with Gasteiger partial charge in [-0.1, -0.05) is 6.92 Å². The van der Waals surface area contributed by atoms with Crippen LogP contribution in [0.3, 0.4) is 0 Å². The van der Waals surface area contributed by atoms with E-state index in [2.05, 4.69) is 30.1 Å². The molecule has 1 N–H and O–H groups in total. The van der Waals surface area contributed by atoms with Crippen LogP contribution in [0, 0.1) is 0 Å². The largest absolute Gasteiger partial charge is 0.476 e. The zero-order valence-corrected chi connectivity index (χ0v) is 12.0. The number of aromatic nitrogens is 1. The summed E-state index contributed by atoms with van der Waals surface area (Å²) in [7, 11) is 2.06. The van der Waals surface area contributed by atoms with Crippen molar-refractivity contribution in [1.29, 1.82) is 0 Å². The molecule has 0 saturated heterocycles. The molecule has 1 atom stereocenters. The van der Waals surface area contributed by atoms with Gasteiger partial charge in [-0.15, -0.1) is 11.3 Å². The first-order valence-electron chi connectivity index (χ1n) is 5.45. The molecule has 1 rings (SSSR count). The molecule has 0 aliphatic rings. The van der Waals surface area contributed by atoms with Crippen LogP contribution in [-0.4, -0.2) is 46.1 Å². The van der Waals surface area contributed by atoms with Crippen LogP contribution in [0.5, 0.6) is 0 Å². The number of aromatic carboxylic acids is 1. The average molecular weight is 274 g/mol. The molecule has 0 radical (unpaired) electrons. The summed E-state index contributed by atoms with van der Waals surface area (Å²) in [6.07, 6.45) is 3.19. The molecule has 0 aliphatic carbocycles. The third kappa shape index (κ3) is 4.29. The van der Waals surface area contributed by atoms with Crippen LogP contribution in [0.1, 0.15) is 28.8 Å². The molecule has 17 heavy (non-hydrogen) atoms. The maximum absolute atomic E-state index is 10.7. The van der Waals surface area contributed by atoms with Crippen molar-refractivity contribution in [3.05, 3.63) is 16.1 Å². The van der Waals surface area contributed by atoms with Gasteiger partial charge in [-0.3, -0.25) is 4.90 Å². The van der Waals surface area contributed by atoms with Crippen LogP contribution in [0.2, 0.25) is 0 Å². The van der Waals surface area contributed by atoms with Crippen LogP contribution in [0.4, 0.5) is 0 Å². The number of hydrogen-bond donors (Lipinski definition) is 1. The minimum atomic E-state index is -0.944. The minimum absolute atomic E-state index is 0.173. The van der Waals surface area contributed by atoms with E-state index in [0.29, 0.717) is 12.6 Å². The van der Waals surface area contributed by atoms with Crippen LogP contribution in [-0.2, 0) is 6.54 Å². The first-order chi connectivity index (χ1) is 8.08. The maximum Gasteiger partial charge on any atom is 0.365 e. The second-order valence-corrected chi connectivity index (χ2v) is 5.65. The van der Waals surface area contributed by atoms with Gasteiger partial charge in [0.25, 0.3) is 0 Å². The molecule has 6 heteroatoms. The molecule has 0 fully saturated rings. The standard InChI is InChI=1S/C11H18N2O2S2/c1-4-9(7-16-3)13(2)5-8-6-17-10(12-8)11(14)15/h6,9H,4-5,7H2,1-3H3,(H,14,15). The quantitative estimate of drug-likeness (QED) is 0.827. The lowest BCUT2D eigenvalue weighted by molar-refractivity contribution is 0.0696. The number of thiazole rings is 1. The highest BCUT2D eigenvalue weighted by atomic mass is 32.2. The van der Waals surface area contributed by atoms with E-state index in [4.69, 9.17) is 5.11 Å². The van der Waals surface area contributed by atoms with E-state index in [1.807, 2.05) is 17.1 Å². The van der Waals surface area contributed by atoms with Gasteiger partial charge in [0.15, 0.2) is 0 Å². The van der Waals surface area contributed by atoms with Gasteiger partial charge in [0.2, 0.25) is 5.01 Å². The van der Waals surface area contributed by atoms with Gasteiger partial charge in [0, 0.05) is 23.7 Å². The fraction of sp³-hybridized carbons (Fsp3) is 0.636. The number of carboxylic acid groups (broad SMARTS) is 1. The Morgan fingerprint density at radius 1 is 1.71 bits per heavy atom. The molecule has 0 bridgehead atoms. The normalized spacial score (nSPS) is 12.9. The van der Waals surface area contributed by atoms with Crippen molar-refractivity contribution in [2.45, 2.75) is 25.9 Å². The first kappa shape index (κ1) is 14.5. The second kappa shape index (κ2) is 6.98. The second-order valence-electron chi connectivity index (χ2n) is 3.88. The molecular weight excluding hydrogens is 256 g/mol. The number of carbonyl (C=O) groups is 1. The number of thioether (sulfide) groups is 1. The zero-order chi connectivity index (χ0) is 12.8. The molecule has 0 aromatic carbocycles. The highest BCUT2D eigenvalue weighted by Gasteiger charge is 2.15. The van der Waals surface area contributed by atoms with E-state index < -0.39 is 5.97 Å². The van der Waals surface area contributed by atoms with E-state index in [1.165, 1.54) is 11.3 Å². The lowest BCUT2D eigenvalue weighted by Gasteiger charge is -2.25. The lowest BCUT2D eigenvalue weighted by Crippen LogP contribution is -2.32. The third-order valence-electron chi connectivity index (χ3n) is 2.60. The summed E-state index contributed by atoms with van der Waals surface area (Å²) in [5.74, 6) is 0.142. The Morgan fingerprint density at radius 3 is 2.88 bits per heavy atom. The summed E-state index contributed by atoms with van der Waals surface area (Å²) in [4.78, 5) is 17.1. The van der Waals surface area contributed by atoms with E-state index in [-0.39, 0.29) is 5.01 Å². The highest BCUT2D eigenvalue weighted by Crippen LogP contribution is 2.15. The summed E-state index contributed by atoms with van der Waals surface area (Å²) in [6, 6.07) is 0.514. The summed E-state index contributed by atoms with van der Waals surface area (Å²) >= 11 is 3.02. The van der Waals surface area contributed by atoms with Gasteiger partial charge in [-0.2, -0.15) is 11.8 Å². The molecule has 1 unspecified atom stereocenters. The molecule has 0 aliphatic heterocycles. The molecule has 1 heterocycles. The molecule has 0 amide bonds. The SMILES string of the molecule is CCC(CSC)N(C)Cc1csc(C(=O)O)n1. The van der Waals surface area contributed by atoms with Crippen LogP contribution < -0.4 is 0 Å². The van der Waals surface area contributed by atoms with Gasteiger partial charge in [0.05, 0.1) is 5.69 Å². The monoisotopic (exact) mass is 274 g/mol. The van der Waals surface area contributed by atoms with Gasteiger partial charge in [-0.25, -0.2) is 9.78 Å². The number of hydrogen-bond acceptors (Lipinski definition) is 5. The van der Waals surface area contributed by atoms with Crippen LogP contribution in [0.25, 0.3) is 0 Å². The minimum Gasteiger partial charge on any atom is -0.476 e. The maximum atomic E-state index is 10.7. The molecular formula is C11H18N2O2S2. The molecule has 0 spiro atoms. The summed E-state index contributed by atoms with van der Waals surface area (Å²) < 4.78 is 0. The van der Waals surface area contributed by atoms with Crippen molar-refractivity contribution >= 4 is 29.1 Å². The lowest BCUT2D eigenvalue weighted by atomic mass is 10.2. The van der Waals surface area contributed by atoms with E-state index in [9.17, 15) is 4.79 Å². The predicted molar refractivity (Wildman–Crippen MR) is 73.0 cm³/mol. The highest BCUT2D eigenvalue weighted by molar-refractivity contribution is 7.98. The van der Waals surface area contributed by atoms with Crippen LogP contribution in [0.15, 0.2) is 5.38 Å². The van der Waals surface area contributed by atoms with Crippen molar-refractivity contribution in [2.75, 3.05) is 19.1 Å². The predicted octanol–water partition coefficient (Wildman–Crippen LogP) is 2.41. The van der Waals surface area contributed by atoms with Crippen molar-refractivity contribution in [1.82, 2.24) is 9.88 Å². The fourth-order valence-corrected chi connectivity index (χ4v) is 3.13. The zero-order valence-electron chi connectivity index (χ0n) is 10.3. The Kier molecular flexibility index (Phi) is 5.94. The Bertz CT molecular complexity index is 368. The van der Waals surface area contributed by atoms with Crippen molar-refractivity contribution < 1.29 is 9.90 Å². The van der Waals surface area contributed by atoms with Gasteiger partial charge >= 0.3 is 5.97 Å². The molecule has 1 aromatic rings. The van der Waals surface area contributed by atoms with Gasteiger partial charge < -0.3 is 5.11 Å². The van der Waals surface area contributed by atoms with Gasteiger partial charge in [0.1, 0.15) is 0 Å². The van der Waals surface area contributed by atoms with E-state index >= 15 is 0 Å². The summed E-state index contributed by atoms with van der Waals surface area (Å²) in [5, 5.41) is 10.8. The smallest absolute Gasteiger partial charge is 0.365 e. The number of nitrogens with zero attached hydrogens (tertiary/aromatic N) is 2. The Morgan fingerprint density at radius 2 is 2.41 bits per heavy atom. The van der Waals surface area contributed by atoms with Crippen molar-refractivity contribution in [3.63, 3.8) is 0 Å².